The van der Waals surface area contributed by atoms with Gasteiger partial charge in [0.25, 0.3) is 0 Å². The van der Waals surface area contributed by atoms with Crippen molar-refractivity contribution in [2.75, 3.05) is 51.8 Å². The highest BCUT2D eigenvalue weighted by Gasteiger charge is 2.37. The number of hydrogen-bond acceptors (Lipinski definition) is 6. The molecule has 9 nitrogen and oxygen atoms in total. The van der Waals surface area contributed by atoms with Crippen LogP contribution in [0.4, 0.5) is 10.5 Å². The van der Waals surface area contributed by atoms with E-state index in [-0.39, 0.29) is 17.9 Å². The van der Waals surface area contributed by atoms with Crippen LogP contribution >= 0.6 is 22.6 Å². The summed E-state index contributed by atoms with van der Waals surface area (Å²) in [6.45, 7) is 8.74. The van der Waals surface area contributed by atoms with Gasteiger partial charge in [0, 0.05) is 47.5 Å². The lowest BCUT2D eigenvalue weighted by molar-refractivity contribution is -0.135. The van der Waals surface area contributed by atoms with Gasteiger partial charge in [0.1, 0.15) is 11.9 Å². The number of ether oxygens (including phenoxy) is 1. The molecule has 0 spiro atoms. The van der Waals surface area contributed by atoms with Crippen LogP contribution in [0.25, 0.3) is 22.4 Å². The Morgan fingerprint density at radius 3 is 2.44 bits per heavy atom. The van der Waals surface area contributed by atoms with Gasteiger partial charge in [-0.1, -0.05) is 32.0 Å². The Labute approximate surface area is 255 Å². The number of anilines is 1. The van der Waals surface area contributed by atoms with Crippen molar-refractivity contribution in [1.29, 1.82) is 0 Å². The van der Waals surface area contributed by atoms with E-state index in [2.05, 4.69) is 92.2 Å². The first-order valence-corrected chi connectivity index (χ1v) is 15.4. The number of nitrogens with zero attached hydrogens (tertiary/aromatic N) is 4. The number of likely N-dealkylation sites (tertiary alicyclic amines) is 1. The summed E-state index contributed by atoms with van der Waals surface area (Å²) >= 11 is 2.40. The number of halogens is 1. The molecule has 2 aliphatic rings. The van der Waals surface area contributed by atoms with Crippen molar-refractivity contribution in [3.05, 3.63) is 58.1 Å². The van der Waals surface area contributed by atoms with Crippen LogP contribution in [0.2, 0.25) is 0 Å². The number of aromatic nitrogens is 2. The van der Waals surface area contributed by atoms with Gasteiger partial charge in [-0.2, -0.15) is 0 Å². The summed E-state index contributed by atoms with van der Waals surface area (Å²) in [7, 11) is 3.48. The van der Waals surface area contributed by atoms with Crippen LogP contribution in [0.15, 0.2) is 48.7 Å². The van der Waals surface area contributed by atoms with Crippen LogP contribution in [0.5, 0.6) is 0 Å². The van der Waals surface area contributed by atoms with E-state index in [9.17, 15) is 9.59 Å². The molecular weight excluding hydrogens is 631 g/mol. The number of H-pyrrole nitrogens is 1. The standard InChI is InChI=1S/C31H39IN6O3/c1-20(2)28(35-31(40)41-4)30(39)38-13-5-6-27(38)29-33-19-26(34-29)22-9-12-25(32)24(18-22)21-7-10-23(11-8-21)37-16-14-36(3)15-17-37/h7-12,18-20,27-28H,5-6,13-17H2,1-4H3,(H,33,34)(H,35,40)/t27-,28-/m0/s1. The van der Waals surface area contributed by atoms with Gasteiger partial charge in [-0.15, -0.1) is 0 Å². The molecule has 2 amide bonds. The fourth-order valence-electron chi connectivity index (χ4n) is 5.68. The van der Waals surface area contributed by atoms with Gasteiger partial charge in [0.05, 0.1) is 25.0 Å². The van der Waals surface area contributed by atoms with Crippen molar-refractivity contribution in [3.63, 3.8) is 0 Å². The van der Waals surface area contributed by atoms with Crippen molar-refractivity contribution in [2.24, 2.45) is 5.92 Å². The minimum absolute atomic E-state index is 0.0733. The minimum atomic E-state index is -0.654. The van der Waals surface area contributed by atoms with E-state index in [0.29, 0.717) is 6.54 Å². The average molecular weight is 671 g/mol. The number of aromatic amines is 1. The second-order valence-corrected chi connectivity index (χ2v) is 12.4. The molecule has 1 aromatic heterocycles. The number of rotatable bonds is 7. The van der Waals surface area contributed by atoms with E-state index in [0.717, 1.165) is 56.1 Å². The summed E-state index contributed by atoms with van der Waals surface area (Å²) in [5.41, 5.74) is 5.59. The summed E-state index contributed by atoms with van der Waals surface area (Å²) in [5, 5.41) is 2.71. The zero-order valence-electron chi connectivity index (χ0n) is 24.2. The SMILES string of the molecule is COC(=O)N[C@H](C(=O)N1CCC[C@H]1c1ncc(-c2ccc(I)c(-c3ccc(N4CCN(C)CC4)cc3)c2)[nH]1)C(C)C. The number of piperazine rings is 1. The highest BCUT2D eigenvalue weighted by molar-refractivity contribution is 14.1. The smallest absolute Gasteiger partial charge is 0.407 e. The molecular formula is C31H39IN6O3. The molecule has 2 aromatic carbocycles. The van der Waals surface area contributed by atoms with Gasteiger partial charge >= 0.3 is 6.09 Å². The van der Waals surface area contributed by atoms with Crippen LogP contribution < -0.4 is 10.2 Å². The van der Waals surface area contributed by atoms with Crippen LogP contribution in [0, 0.1) is 9.49 Å². The number of hydrogen-bond donors (Lipinski definition) is 2. The lowest BCUT2D eigenvalue weighted by Crippen LogP contribution is -2.51. The second kappa shape index (κ2) is 12.8. The summed E-state index contributed by atoms with van der Waals surface area (Å²) < 4.78 is 5.94. The minimum Gasteiger partial charge on any atom is -0.453 e. The Morgan fingerprint density at radius 2 is 1.76 bits per heavy atom. The largest absolute Gasteiger partial charge is 0.453 e. The average Bonchev–Trinajstić information content (AvgIpc) is 3.66. The van der Waals surface area contributed by atoms with Crippen LogP contribution in [0.1, 0.15) is 38.6 Å². The van der Waals surface area contributed by atoms with Crippen molar-refractivity contribution >= 4 is 40.3 Å². The maximum absolute atomic E-state index is 13.5. The van der Waals surface area contributed by atoms with Gasteiger partial charge in [-0.05, 0) is 83.8 Å². The predicted molar refractivity (Wildman–Crippen MR) is 170 cm³/mol. The molecule has 0 saturated carbocycles. The topological polar surface area (TPSA) is 93.8 Å². The molecule has 2 fully saturated rings. The molecule has 41 heavy (non-hydrogen) atoms. The molecule has 2 N–H and O–H groups in total. The molecule has 10 heteroatoms. The van der Waals surface area contributed by atoms with E-state index < -0.39 is 12.1 Å². The summed E-state index contributed by atoms with van der Waals surface area (Å²) in [6, 6.07) is 14.5. The monoisotopic (exact) mass is 670 g/mol. The first-order valence-electron chi connectivity index (χ1n) is 14.3. The van der Waals surface area contributed by atoms with Gasteiger partial charge in [-0.3, -0.25) is 4.79 Å². The Balaban J connectivity index is 1.34. The van der Waals surface area contributed by atoms with Crippen LogP contribution in [-0.4, -0.2) is 84.7 Å². The number of imidazole rings is 1. The summed E-state index contributed by atoms with van der Waals surface area (Å²) in [4.78, 5) is 40.2. The quantitative estimate of drug-likeness (QED) is 0.339. The number of carbonyl (C=O) groups excluding carboxylic acids is 2. The molecule has 0 unspecified atom stereocenters. The normalized spacial score (nSPS) is 18.5. The number of carbonyl (C=O) groups is 2. The van der Waals surface area contributed by atoms with Crippen molar-refractivity contribution in [2.45, 2.75) is 38.8 Å². The molecule has 0 bridgehead atoms. The van der Waals surface area contributed by atoms with E-state index in [4.69, 9.17) is 9.72 Å². The molecule has 218 valence electrons. The first-order chi connectivity index (χ1) is 19.7. The molecule has 3 aromatic rings. The molecule has 2 atom stereocenters. The Morgan fingerprint density at radius 1 is 1.05 bits per heavy atom. The first kappa shape index (κ1) is 29.4. The van der Waals surface area contributed by atoms with E-state index in [1.165, 1.54) is 27.5 Å². The fourth-order valence-corrected chi connectivity index (χ4v) is 6.32. The number of alkyl carbamates (subject to hydrolysis) is 1. The molecule has 5 rings (SSSR count). The van der Waals surface area contributed by atoms with E-state index >= 15 is 0 Å². The molecule has 0 radical (unpaired) electrons. The Kier molecular flexibility index (Phi) is 9.18. The molecule has 2 saturated heterocycles. The lowest BCUT2D eigenvalue weighted by atomic mass is 10.0. The summed E-state index contributed by atoms with van der Waals surface area (Å²) in [6.07, 6.45) is 2.95. The van der Waals surface area contributed by atoms with Crippen molar-refractivity contribution in [3.8, 4) is 22.4 Å². The number of benzene rings is 2. The van der Waals surface area contributed by atoms with Crippen LogP contribution in [0.3, 0.4) is 0 Å². The molecule has 3 heterocycles. The van der Waals surface area contributed by atoms with E-state index in [1.54, 1.807) is 0 Å². The van der Waals surface area contributed by atoms with E-state index in [1.807, 2.05) is 24.9 Å². The lowest BCUT2D eigenvalue weighted by Gasteiger charge is -2.34. The molecule has 0 aliphatic carbocycles. The third kappa shape index (κ3) is 6.53. The Bertz CT molecular complexity index is 1370. The van der Waals surface area contributed by atoms with Gasteiger partial charge in [0.2, 0.25) is 5.91 Å². The molecule has 2 aliphatic heterocycles. The number of amides is 2. The second-order valence-electron chi connectivity index (χ2n) is 11.3. The van der Waals surface area contributed by atoms with Crippen molar-refractivity contribution in [1.82, 2.24) is 25.1 Å². The van der Waals surface area contributed by atoms with Crippen molar-refractivity contribution < 1.29 is 14.3 Å². The zero-order chi connectivity index (χ0) is 29.1. The van der Waals surface area contributed by atoms with Crippen LogP contribution in [-0.2, 0) is 9.53 Å². The summed E-state index contributed by atoms with van der Waals surface area (Å²) in [5.74, 6) is 0.585. The fraction of sp³-hybridized carbons (Fsp3) is 0.452. The third-order valence-electron chi connectivity index (χ3n) is 8.16. The predicted octanol–water partition coefficient (Wildman–Crippen LogP) is 5.14. The van der Waals surface area contributed by atoms with Gasteiger partial charge < -0.3 is 29.7 Å². The van der Waals surface area contributed by atoms with Gasteiger partial charge in [-0.25, -0.2) is 9.78 Å². The third-order valence-corrected chi connectivity index (χ3v) is 9.10. The maximum atomic E-state index is 13.5. The van der Waals surface area contributed by atoms with Gasteiger partial charge in [0.15, 0.2) is 0 Å². The number of nitrogens with one attached hydrogen (secondary N) is 2. The Hall–Kier alpha value is -3.12. The maximum Gasteiger partial charge on any atom is 0.407 e. The number of likely N-dealkylation sites (N-methyl/N-ethyl adjacent to an activating group) is 1. The zero-order valence-corrected chi connectivity index (χ0v) is 26.3. The highest BCUT2D eigenvalue weighted by Crippen LogP contribution is 2.35. The highest BCUT2D eigenvalue weighted by atomic mass is 127. The number of methoxy groups -OCH3 is 1.